The molecule has 1 saturated heterocycles. The van der Waals surface area contributed by atoms with Gasteiger partial charge in [0.05, 0.1) is 17.1 Å². The summed E-state index contributed by atoms with van der Waals surface area (Å²) in [4.78, 5) is 37.1. The number of fused-ring (bicyclic) bond motifs is 1. The number of ether oxygens (including phenoxy) is 1. The molecule has 2 atom stereocenters. The van der Waals surface area contributed by atoms with Crippen molar-refractivity contribution in [3.05, 3.63) is 72.3 Å². The van der Waals surface area contributed by atoms with E-state index in [1.807, 2.05) is 24.3 Å². The van der Waals surface area contributed by atoms with E-state index >= 15 is 0 Å². The molecule has 3 aromatic carbocycles. The van der Waals surface area contributed by atoms with Crippen LogP contribution in [0.1, 0.15) is 30.1 Å². The van der Waals surface area contributed by atoms with Crippen LogP contribution < -0.4 is 10.6 Å². The molecule has 9 nitrogen and oxygen atoms in total. The fourth-order valence-electron chi connectivity index (χ4n) is 4.30. The first-order chi connectivity index (χ1) is 18.2. The lowest BCUT2D eigenvalue weighted by atomic mass is 10.1. The molecule has 0 saturated carbocycles. The lowest BCUT2D eigenvalue weighted by Gasteiger charge is -2.23. The average molecular weight is 556 g/mol. The van der Waals surface area contributed by atoms with Gasteiger partial charge >= 0.3 is 5.97 Å². The van der Waals surface area contributed by atoms with Crippen molar-refractivity contribution in [2.24, 2.45) is 0 Å². The van der Waals surface area contributed by atoms with Gasteiger partial charge in [0.2, 0.25) is 21.8 Å². The Labute approximate surface area is 227 Å². The van der Waals surface area contributed by atoms with Gasteiger partial charge in [0.25, 0.3) is 0 Å². The van der Waals surface area contributed by atoms with Crippen LogP contribution in [0.5, 0.6) is 0 Å². The van der Waals surface area contributed by atoms with Crippen molar-refractivity contribution in [1.82, 2.24) is 9.62 Å². The zero-order valence-corrected chi connectivity index (χ0v) is 22.5. The van der Waals surface area contributed by atoms with Crippen molar-refractivity contribution in [2.45, 2.75) is 36.0 Å². The number of rotatable bonds is 9. The summed E-state index contributed by atoms with van der Waals surface area (Å²) in [6, 6.07) is 17.7. The Morgan fingerprint density at radius 3 is 2.45 bits per heavy atom. The maximum Gasteiger partial charge on any atom is 0.338 e. The predicted octanol–water partition coefficient (Wildman–Crippen LogP) is 3.22. The number of nitrogens with one attached hydrogen (secondary N) is 2. The molecule has 0 bridgehead atoms. The fraction of sp³-hybridized carbons (Fsp3) is 0.296. The third kappa shape index (κ3) is 6.35. The Morgan fingerprint density at radius 2 is 1.74 bits per heavy atom. The minimum absolute atomic E-state index is 0.0141. The minimum atomic E-state index is -3.94. The van der Waals surface area contributed by atoms with Crippen molar-refractivity contribution in [2.75, 3.05) is 25.0 Å². The average Bonchev–Trinajstić information content (AvgIpc) is 3.31. The number of anilines is 1. The third-order valence-electron chi connectivity index (χ3n) is 6.19. The second-order valence-electron chi connectivity index (χ2n) is 8.88. The van der Waals surface area contributed by atoms with E-state index in [0.29, 0.717) is 11.3 Å². The molecule has 2 amide bonds. The summed E-state index contributed by atoms with van der Waals surface area (Å²) in [7, 11) is -3.94. The van der Waals surface area contributed by atoms with Gasteiger partial charge in [-0.05, 0) is 60.5 Å². The molecule has 1 heterocycles. The highest BCUT2D eigenvalue weighted by molar-refractivity contribution is 7.89. The molecule has 0 spiro atoms. The number of benzene rings is 3. The second-order valence-corrected chi connectivity index (χ2v) is 11.5. The van der Waals surface area contributed by atoms with E-state index in [2.05, 4.69) is 23.3 Å². The lowest BCUT2D eigenvalue weighted by Crippen LogP contribution is -2.46. The lowest BCUT2D eigenvalue weighted by molar-refractivity contribution is -0.124. The molecule has 200 valence electrons. The van der Waals surface area contributed by atoms with E-state index in [4.69, 9.17) is 4.74 Å². The first-order valence-corrected chi connectivity index (χ1v) is 14.2. The van der Waals surface area contributed by atoms with Crippen LogP contribution in [0.3, 0.4) is 0 Å². The van der Waals surface area contributed by atoms with Crippen molar-refractivity contribution in [3.8, 4) is 0 Å². The zero-order chi connectivity index (χ0) is 27.3. The summed E-state index contributed by atoms with van der Waals surface area (Å²) in [5, 5.41) is 6.80. The van der Waals surface area contributed by atoms with Gasteiger partial charge in [-0.2, -0.15) is 16.9 Å². The summed E-state index contributed by atoms with van der Waals surface area (Å²) in [5.74, 6) is -1.26. The van der Waals surface area contributed by atoms with Crippen LogP contribution in [0.4, 0.5) is 5.69 Å². The second kappa shape index (κ2) is 12.0. The highest BCUT2D eigenvalue weighted by Crippen LogP contribution is 2.30. The van der Waals surface area contributed by atoms with Crippen LogP contribution >= 0.6 is 12.6 Å². The number of carbonyl (C=O) groups is 3. The van der Waals surface area contributed by atoms with Crippen LogP contribution in [0.2, 0.25) is 0 Å². The van der Waals surface area contributed by atoms with Gasteiger partial charge in [-0.1, -0.05) is 30.3 Å². The van der Waals surface area contributed by atoms with Crippen LogP contribution in [0.25, 0.3) is 10.8 Å². The first-order valence-electron chi connectivity index (χ1n) is 12.2. The monoisotopic (exact) mass is 555 g/mol. The Bertz CT molecular complexity index is 1440. The maximum absolute atomic E-state index is 13.4. The molecule has 3 aromatic rings. The molecular formula is C27H29N3O6S2. The van der Waals surface area contributed by atoms with Gasteiger partial charge < -0.3 is 15.4 Å². The standard InChI is InChI=1S/C27H29N3O6S2/c1-2-36-27(33)19-7-10-21(11-8-19)29-25(31)13-14-28-26(32)24-16-22(37)17-30(24)38(34,35)23-12-9-18-5-3-4-6-20(18)15-23/h3-12,15,22,24,37H,2,13-14,16-17H2,1H3,(H,28,32)(H,29,31). The van der Waals surface area contributed by atoms with E-state index in [0.717, 1.165) is 10.8 Å². The molecular weight excluding hydrogens is 526 g/mol. The predicted molar refractivity (Wildman–Crippen MR) is 148 cm³/mol. The van der Waals surface area contributed by atoms with Crippen LogP contribution in [-0.4, -0.2) is 61.5 Å². The number of amides is 2. The van der Waals surface area contributed by atoms with Gasteiger partial charge in [0, 0.05) is 30.4 Å². The van der Waals surface area contributed by atoms with Gasteiger partial charge in [-0.25, -0.2) is 13.2 Å². The molecule has 2 N–H and O–H groups in total. The maximum atomic E-state index is 13.4. The number of esters is 1. The Balaban J connectivity index is 1.34. The topological polar surface area (TPSA) is 122 Å². The van der Waals surface area contributed by atoms with Gasteiger partial charge in [-0.3, -0.25) is 9.59 Å². The molecule has 2 unspecified atom stereocenters. The van der Waals surface area contributed by atoms with Gasteiger partial charge in [-0.15, -0.1) is 0 Å². The summed E-state index contributed by atoms with van der Waals surface area (Å²) in [5.41, 5.74) is 0.870. The third-order valence-corrected chi connectivity index (χ3v) is 8.44. The Kier molecular flexibility index (Phi) is 8.70. The Morgan fingerprint density at radius 1 is 1.03 bits per heavy atom. The zero-order valence-electron chi connectivity index (χ0n) is 20.8. The molecule has 0 radical (unpaired) electrons. The van der Waals surface area contributed by atoms with Crippen molar-refractivity contribution in [1.29, 1.82) is 0 Å². The number of sulfonamides is 1. The normalized spacial score (nSPS) is 17.7. The number of carbonyl (C=O) groups excluding carboxylic acids is 3. The molecule has 11 heteroatoms. The molecule has 4 rings (SSSR count). The molecule has 38 heavy (non-hydrogen) atoms. The molecule has 0 aromatic heterocycles. The number of hydrogen-bond acceptors (Lipinski definition) is 7. The van der Waals surface area contributed by atoms with E-state index < -0.39 is 27.9 Å². The smallest absolute Gasteiger partial charge is 0.338 e. The summed E-state index contributed by atoms with van der Waals surface area (Å²) in [6.45, 7) is 2.13. The first kappa shape index (κ1) is 27.6. The minimum Gasteiger partial charge on any atom is -0.462 e. The molecule has 0 aliphatic carbocycles. The highest BCUT2D eigenvalue weighted by Gasteiger charge is 2.42. The molecule has 1 aliphatic heterocycles. The number of hydrogen-bond donors (Lipinski definition) is 3. The van der Waals surface area contributed by atoms with E-state index in [-0.39, 0.29) is 48.6 Å². The van der Waals surface area contributed by atoms with Gasteiger partial charge in [0.1, 0.15) is 6.04 Å². The largest absolute Gasteiger partial charge is 0.462 e. The van der Waals surface area contributed by atoms with Gasteiger partial charge in [0.15, 0.2) is 0 Å². The van der Waals surface area contributed by atoms with Crippen molar-refractivity contribution < 1.29 is 27.5 Å². The highest BCUT2D eigenvalue weighted by atomic mass is 32.2. The SMILES string of the molecule is CCOC(=O)c1ccc(NC(=O)CCNC(=O)C2CC(S)CN2S(=O)(=O)c2ccc3ccccc3c2)cc1. The van der Waals surface area contributed by atoms with Crippen molar-refractivity contribution >= 4 is 56.9 Å². The van der Waals surface area contributed by atoms with E-state index in [1.54, 1.807) is 49.4 Å². The van der Waals surface area contributed by atoms with Crippen LogP contribution in [0.15, 0.2) is 71.6 Å². The van der Waals surface area contributed by atoms with Crippen molar-refractivity contribution in [3.63, 3.8) is 0 Å². The Hall–Kier alpha value is -3.41. The van der Waals surface area contributed by atoms with E-state index in [1.165, 1.54) is 4.31 Å². The molecule has 1 aliphatic rings. The summed E-state index contributed by atoms with van der Waals surface area (Å²) in [6.07, 6.45) is 0.251. The van der Waals surface area contributed by atoms with Crippen LogP contribution in [0, 0.1) is 0 Å². The quantitative estimate of drug-likeness (QED) is 0.275. The summed E-state index contributed by atoms with van der Waals surface area (Å²) < 4.78 is 33.0. The van der Waals surface area contributed by atoms with E-state index in [9.17, 15) is 22.8 Å². The van der Waals surface area contributed by atoms with Crippen LogP contribution in [-0.2, 0) is 24.3 Å². The number of thiol groups is 1. The fourth-order valence-corrected chi connectivity index (χ4v) is 6.46. The summed E-state index contributed by atoms with van der Waals surface area (Å²) >= 11 is 4.44. The molecule has 1 fully saturated rings. The number of nitrogens with zero attached hydrogens (tertiary/aromatic N) is 1.